The highest BCUT2D eigenvalue weighted by atomic mass is 16.3. The fraction of sp³-hybridized carbons (Fsp3) is 0.143. The van der Waals surface area contributed by atoms with Crippen molar-refractivity contribution in [2.45, 2.75) is 38.5 Å². The predicted octanol–water partition coefficient (Wildman–Crippen LogP) is 15.1. The molecule has 3 aliphatic rings. The van der Waals surface area contributed by atoms with Gasteiger partial charge in [-0.05, 0) is 120 Å². The summed E-state index contributed by atoms with van der Waals surface area (Å²) in [7, 11) is 0. The van der Waals surface area contributed by atoms with Crippen molar-refractivity contribution in [3.05, 3.63) is 174 Å². The molecule has 0 atom stereocenters. The molecule has 4 nitrogen and oxygen atoms in total. The van der Waals surface area contributed by atoms with E-state index in [1.165, 1.54) is 77.5 Å². The Morgan fingerprint density at radius 1 is 0.433 bits per heavy atom. The number of allylic oxidation sites excluding steroid dienone is 1. The average molecular weight is 775 g/mol. The fourth-order valence-electron chi connectivity index (χ4n) is 10.9. The summed E-state index contributed by atoms with van der Waals surface area (Å²) in [4.78, 5) is 5.05. The topological polar surface area (TPSA) is 32.8 Å². The number of hydrogen-bond acceptors (Lipinski definition) is 4. The molecule has 0 saturated carbocycles. The second-order valence-corrected chi connectivity index (χ2v) is 16.8. The quantitative estimate of drug-likeness (QED) is 0.167. The van der Waals surface area contributed by atoms with Crippen LogP contribution in [0, 0.1) is 0 Å². The molecule has 0 spiro atoms. The molecule has 0 unspecified atom stereocenters. The van der Waals surface area contributed by atoms with Crippen LogP contribution >= 0.6 is 0 Å². The van der Waals surface area contributed by atoms with Gasteiger partial charge in [0.15, 0.2) is 0 Å². The van der Waals surface area contributed by atoms with Gasteiger partial charge in [-0.25, -0.2) is 0 Å². The van der Waals surface area contributed by atoms with Crippen LogP contribution in [0.25, 0.3) is 82.8 Å². The molecule has 0 amide bonds. The number of aryl methyl sites for hydroxylation is 3. The third kappa shape index (κ3) is 5.03. The number of nitrogens with zero attached hydrogens (tertiary/aromatic N) is 2. The van der Waals surface area contributed by atoms with E-state index in [-0.39, 0.29) is 0 Å². The number of furan rings is 2. The Kier molecular flexibility index (Phi) is 7.48. The van der Waals surface area contributed by atoms with Crippen LogP contribution in [0.3, 0.4) is 0 Å². The summed E-state index contributed by atoms with van der Waals surface area (Å²) in [5, 5.41) is 8.30. The zero-order valence-electron chi connectivity index (χ0n) is 33.4. The lowest BCUT2D eigenvalue weighted by Gasteiger charge is -2.32. The summed E-state index contributed by atoms with van der Waals surface area (Å²) in [6.45, 7) is 1.95. The van der Waals surface area contributed by atoms with Crippen LogP contribution in [0.2, 0.25) is 0 Å². The molecule has 4 heterocycles. The van der Waals surface area contributed by atoms with Crippen LogP contribution in [-0.4, -0.2) is 13.1 Å². The van der Waals surface area contributed by atoms with E-state index in [2.05, 4.69) is 168 Å². The first-order chi connectivity index (χ1) is 29.8. The molecule has 2 aliphatic heterocycles. The van der Waals surface area contributed by atoms with Gasteiger partial charge in [0.05, 0.1) is 0 Å². The second-order valence-electron chi connectivity index (χ2n) is 16.8. The molecule has 10 aromatic rings. The molecule has 0 bridgehead atoms. The summed E-state index contributed by atoms with van der Waals surface area (Å²) >= 11 is 0. The minimum atomic E-state index is 0.907. The normalized spacial score (nSPS) is 15.0. The third-order valence-electron chi connectivity index (χ3n) is 13.6. The van der Waals surface area contributed by atoms with E-state index in [1.807, 2.05) is 0 Å². The summed E-state index contributed by atoms with van der Waals surface area (Å²) in [5.41, 5.74) is 16.6. The lowest BCUT2D eigenvalue weighted by atomic mass is 9.84. The summed E-state index contributed by atoms with van der Waals surface area (Å²) < 4.78 is 13.8. The lowest BCUT2D eigenvalue weighted by Crippen LogP contribution is -2.24. The zero-order chi connectivity index (χ0) is 39.3. The fourth-order valence-corrected chi connectivity index (χ4v) is 10.9. The Morgan fingerprint density at radius 3 is 1.67 bits per heavy atom. The van der Waals surface area contributed by atoms with Crippen molar-refractivity contribution in [1.29, 1.82) is 0 Å². The van der Waals surface area contributed by atoms with E-state index < -0.39 is 0 Å². The van der Waals surface area contributed by atoms with Gasteiger partial charge < -0.3 is 18.6 Å². The number of hydrogen-bond donors (Lipinski definition) is 0. The third-order valence-corrected chi connectivity index (χ3v) is 13.6. The standard InChI is InChI=1S/C56H42N2O2/c1-5-23-49-35(13-1)15-11-31-57(49)37-27-29-41-47(33-37)53(45-21-9-19-43-39-17-3-7-25-51(39)59-55(43)45)42-30-28-38(58-32-12-16-36-14-2-6-24-50(36)58)34-48(42)54(41)46-22-10-20-44-40-18-4-8-26-52(40)60-56(44)46/h1-3,5-10,13-14,17,19-30,33-34H,4,11-12,15-16,18,31-32H2. The van der Waals surface area contributed by atoms with Crippen molar-refractivity contribution in [2.75, 3.05) is 22.9 Å². The van der Waals surface area contributed by atoms with Gasteiger partial charge in [-0.2, -0.15) is 0 Å². The largest absolute Gasteiger partial charge is 0.456 e. The van der Waals surface area contributed by atoms with Crippen LogP contribution in [0.1, 0.15) is 41.7 Å². The van der Waals surface area contributed by atoms with Crippen LogP contribution in [0.5, 0.6) is 0 Å². The first-order valence-corrected chi connectivity index (χ1v) is 21.6. The summed E-state index contributed by atoms with van der Waals surface area (Å²) in [5.74, 6) is 0.988. The SMILES string of the molecule is C1=Cc2oc3c(-c4c5cc(N6CCCc7ccccc76)ccc5c(-c5cccc6c5oc5ccccc56)c5cc(N6CCCc7ccccc76)ccc45)cccc3c2CC1. The van der Waals surface area contributed by atoms with E-state index in [4.69, 9.17) is 8.83 Å². The van der Waals surface area contributed by atoms with E-state index in [0.717, 1.165) is 96.0 Å². The molecule has 0 fully saturated rings. The van der Waals surface area contributed by atoms with Gasteiger partial charge in [-0.1, -0.05) is 109 Å². The van der Waals surface area contributed by atoms with E-state index in [9.17, 15) is 0 Å². The first-order valence-electron chi connectivity index (χ1n) is 21.6. The molecular weight excluding hydrogens is 733 g/mol. The first kappa shape index (κ1) is 33.9. The molecule has 288 valence electrons. The Morgan fingerprint density at radius 2 is 1.00 bits per heavy atom. The van der Waals surface area contributed by atoms with Crippen molar-refractivity contribution in [3.63, 3.8) is 0 Å². The van der Waals surface area contributed by atoms with Gasteiger partial charge in [0.25, 0.3) is 0 Å². The Bertz CT molecular complexity index is 3420. The number of anilines is 4. The molecular formula is C56H42N2O2. The van der Waals surface area contributed by atoms with Crippen molar-refractivity contribution in [1.82, 2.24) is 0 Å². The van der Waals surface area contributed by atoms with Crippen molar-refractivity contribution in [2.24, 2.45) is 0 Å². The number of para-hydroxylation sites is 5. The lowest BCUT2D eigenvalue weighted by molar-refractivity contribution is 0.596. The maximum Gasteiger partial charge on any atom is 0.143 e. The molecule has 0 saturated heterocycles. The number of benzene rings is 8. The molecule has 0 N–H and O–H groups in total. The van der Waals surface area contributed by atoms with Crippen LogP contribution in [-0.2, 0) is 19.3 Å². The maximum atomic E-state index is 6.91. The monoisotopic (exact) mass is 774 g/mol. The summed E-state index contributed by atoms with van der Waals surface area (Å²) in [6, 6.07) is 54.2. The highest BCUT2D eigenvalue weighted by Crippen LogP contribution is 2.51. The molecule has 60 heavy (non-hydrogen) atoms. The van der Waals surface area contributed by atoms with Gasteiger partial charge in [0.2, 0.25) is 0 Å². The summed E-state index contributed by atoms with van der Waals surface area (Å²) in [6.07, 6.45) is 10.9. The average Bonchev–Trinajstić information content (AvgIpc) is 3.89. The van der Waals surface area contributed by atoms with Gasteiger partial charge >= 0.3 is 0 Å². The van der Waals surface area contributed by atoms with Crippen LogP contribution in [0.4, 0.5) is 22.7 Å². The van der Waals surface area contributed by atoms with Crippen LogP contribution < -0.4 is 9.80 Å². The van der Waals surface area contributed by atoms with Gasteiger partial charge in [0, 0.05) is 79.8 Å². The molecule has 0 radical (unpaired) electrons. The Labute approximate surface area is 348 Å². The van der Waals surface area contributed by atoms with Crippen LogP contribution in [0.15, 0.2) is 161 Å². The molecule has 1 aliphatic carbocycles. The van der Waals surface area contributed by atoms with Crippen molar-refractivity contribution in [3.8, 4) is 22.3 Å². The van der Waals surface area contributed by atoms with Crippen molar-refractivity contribution < 1.29 is 8.83 Å². The minimum absolute atomic E-state index is 0.907. The molecule has 2 aromatic heterocycles. The van der Waals surface area contributed by atoms with E-state index >= 15 is 0 Å². The van der Waals surface area contributed by atoms with E-state index in [1.54, 1.807) is 0 Å². The van der Waals surface area contributed by atoms with Crippen molar-refractivity contribution >= 4 is 83.3 Å². The molecule has 13 rings (SSSR count). The number of rotatable bonds is 4. The smallest absolute Gasteiger partial charge is 0.143 e. The van der Waals surface area contributed by atoms with Gasteiger partial charge in [0.1, 0.15) is 22.5 Å². The molecule has 4 heteroatoms. The van der Waals surface area contributed by atoms with Gasteiger partial charge in [-0.15, -0.1) is 0 Å². The van der Waals surface area contributed by atoms with E-state index in [0.29, 0.717) is 0 Å². The van der Waals surface area contributed by atoms with Gasteiger partial charge in [-0.3, -0.25) is 0 Å². The predicted molar refractivity (Wildman–Crippen MR) is 250 cm³/mol. The zero-order valence-corrected chi connectivity index (χ0v) is 33.4. The minimum Gasteiger partial charge on any atom is -0.456 e. The second kappa shape index (κ2) is 13.2. The Hall–Kier alpha value is -7.04. The highest BCUT2D eigenvalue weighted by Gasteiger charge is 2.27. The molecule has 8 aromatic carbocycles. The maximum absolute atomic E-state index is 6.91. The Balaban J connectivity index is 1.17. The highest BCUT2D eigenvalue weighted by molar-refractivity contribution is 6.26. The number of fused-ring (bicyclic) bond motifs is 10.